The van der Waals surface area contributed by atoms with Crippen LogP contribution in [0.1, 0.15) is 0 Å². The molecule has 2 heterocycles. The lowest BCUT2D eigenvalue weighted by Crippen LogP contribution is -1.85. The number of benzene rings is 1. The zero-order valence-corrected chi connectivity index (χ0v) is 9.37. The van der Waals surface area contributed by atoms with Crippen molar-refractivity contribution >= 4 is 22.8 Å². The molecule has 2 aromatic heterocycles. The minimum atomic E-state index is -0.322. The van der Waals surface area contributed by atoms with Gasteiger partial charge in [0, 0.05) is 0 Å². The molecule has 17 heavy (non-hydrogen) atoms. The van der Waals surface area contributed by atoms with Crippen molar-refractivity contribution in [3.8, 4) is 11.4 Å². The van der Waals surface area contributed by atoms with Gasteiger partial charge in [0.05, 0.1) is 11.1 Å². The molecular weight excluding hydrogens is 241 g/mol. The van der Waals surface area contributed by atoms with Crippen molar-refractivity contribution in [2.45, 2.75) is 0 Å². The molecule has 3 nitrogen and oxygen atoms in total. The summed E-state index contributed by atoms with van der Waals surface area (Å²) in [6.45, 7) is 0. The van der Waals surface area contributed by atoms with Crippen molar-refractivity contribution in [2.24, 2.45) is 0 Å². The van der Waals surface area contributed by atoms with E-state index in [1.807, 2.05) is 0 Å². The Balaban J connectivity index is 2.22. The van der Waals surface area contributed by atoms with Crippen LogP contribution in [0.25, 0.3) is 22.6 Å². The number of nitrogens with one attached hydrogen (secondary N) is 1. The third-order valence-electron chi connectivity index (χ3n) is 2.44. The van der Waals surface area contributed by atoms with Crippen LogP contribution in [0, 0.1) is 5.82 Å². The van der Waals surface area contributed by atoms with Gasteiger partial charge in [0.25, 0.3) is 0 Å². The molecule has 1 aromatic carbocycles. The molecule has 0 bridgehead atoms. The van der Waals surface area contributed by atoms with Gasteiger partial charge in [-0.05, 0) is 24.3 Å². The average Bonchev–Trinajstić information content (AvgIpc) is 2.72. The van der Waals surface area contributed by atoms with Gasteiger partial charge in [-0.25, -0.2) is 14.4 Å². The molecule has 0 unspecified atom stereocenters. The summed E-state index contributed by atoms with van der Waals surface area (Å²) in [5.41, 5.74) is 1.63. The van der Waals surface area contributed by atoms with Gasteiger partial charge < -0.3 is 4.98 Å². The van der Waals surface area contributed by atoms with E-state index in [0.29, 0.717) is 22.2 Å². The smallest absolute Gasteiger partial charge is 0.179 e. The molecule has 0 aliphatic carbocycles. The monoisotopic (exact) mass is 247 g/mol. The predicted molar refractivity (Wildman–Crippen MR) is 64.3 cm³/mol. The van der Waals surface area contributed by atoms with Crippen LogP contribution in [-0.4, -0.2) is 15.0 Å². The van der Waals surface area contributed by atoms with Crippen LogP contribution in [0.15, 0.2) is 36.4 Å². The molecule has 3 aromatic rings. The fourth-order valence-electron chi connectivity index (χ4n) is 1.65. The summed E-state index contributed by atoms with van der Waals surface area (Å²) in [6, 6.07) is 9.87. The quantitative estimate of drug-likeness (QED) is 0.670. The zero-order valence-electron chi connectivity index (χ0n) is 8.61. The minimum absolute atomic E-state index is 0.322. The molecular formula is C12H7ClFN3. The van der Waals surface area contributed by atoms with Crippen molar-refractivity contribution in [3.63, 3.8) is 0 Å². The first-order valence-corrected chi connectivity index (χ1v) is 5.39. The SMILES string of the molecule is Fc1ccccc1-c1nc2nc(Cl)ccc2[nH]1. The van der Waals surface area contributed by atoms with Crippen LogP contribution in [0.5, 0.6) is 0 Å². The van der Waals surface area contributed by atoms with Crippen molar-refractivity contribution in [3.05, 3.63) is 47.4 Å². The summed E-state index contributed by atoms with van der Waals surface area (Å²) in [5.74, 6) is 0.130. The Morgan fingerprint density at radius 3 is 2.71 bits per heavy atom. The van der Waals surface area contributed by atoms with Crippen LogP contribution in [-0.2, 0) is 0 Å². The molecule has 1 N–H and O–H groups in total. The summed E-state index contributed by atoms with van der Waals surface area (Å²) in [5, 5.41) is 0.365. The molecule has 0 aliphatic heterocycles. The first-order valence-electron chi connectivity index (χ1n) is 5.01. The average molecular weight is 248 g/mol. The first-order chi connectivity index (χ1) is 8.24. The van der Waals surface area contributed by atoms with E-state index in [1.54, 1.807) is 30.3 Å². The van der Waals surface area contributed by atoms with E-state index in [4.69, 9.17) is 11.6 Å². The molecule has 5 heteroatoms. The predicted octanol–water partition coefficient (Wildman–Crippen LogP) is 3.42. The first kappa shape index (κ1) is 10.2. The van der Waals surface area contributed by atoms with E-state index < -0.39 is 0 Å². The van der Waals surface area contributed by atoms with Crippen LogP contribution in [0.3, 0.4) is 0 Å². The number of halogens is 2. The summed E-state index contributed by atoms with van der Waals surface area (Å²) < 4.78 is 13.6. The Labute approximate surface area is 101 Å². The number of hydrogen-bond donors (Lipinski definition) is 1. The lowest BCUT2D eigenvalue weighted by Gasteiger charge is -1.96. The number of hydrogen-bond acceptors (Lipinski definition) is 2. The van der Waals surface area contributed by atoms with Crippen LogP contribution in [0.2, 0.25) is 5.15 Å². The molecule has 3 rings (SSSR count). The topological polar surface area (TPSA) is 41.6 Å². The highest BCUT2D eigenvalue weighted by molar-refractivity contribution is 6.29. The van der Waals surface area contributed by atoms with Crippen molar-refractivity contribution in [2.75, 3.05) is 0 Å². The Kier molecular flexibility index (Phi) is 2.30. The van der Waals surface area contributed by atoms with Gasteiger partial charge in [-0.15, -0.1) is 0 Å². The molecule has 0 atom stereocenters. The second-order valence-electron chi connectivity index (χ2n) is 3.57. The Morgan fingerprint density at radius 1 is 1.06 bits per heavy atom. The molecule has 84 valence electrons. The maximum atomic E-state index is 13.6. The highest BCUT2D eigenvalue weighted by Crippen LogP contribution is 2.22. The van der Waals surface area contributed by atoms with E-state index in [2.05, 4.69) is 15.0 Å². The van der Waals surface area contributed by atoms with Crippen LogP contribution >= 0.6 is 11.6 Å². The number of fused-ring (bicyclic) bond motifs is 1. The van der Waals surface area contributed by atoms with E-state index in [-0.39, 0.29) is 5.82 Å². The van der Waals surface area contributed by atoms with Gasteiger partial charge in [0.1, 0.15) is 16.8 Å². The fraction of sp³-hybridized carbons (Fsp3) is 0. The normalized spacial score (nSPS) is 10.9. The minimum Gasteiger partial charge on any atom is -0.336 e. The lowest BCUT2D eigenvalue weighted by atomic mass is 10.2. The number of pyridine rings is 1. The zero-order chi connectivity index (χ0) is 11.8. The third kappa shape index (κ3) is 1.76. The molecule has 0 saturated carbocycles. The second-order valence-corrected chi connectivity index (χ2v) is 3.96. The molecule has 0 aliphatic rings. The third-order valence-corrected chi connectivity index (χ3v) is 2.65. The van der Waals surface area contributed by atoms with Gasteiger partial charge in [0.15, 0.2) is 5.65 Å². The Morgan fingerprint density at radius 2 is 1.88 bits per heavy atom. The van der Waals surface area contributed by atoms with Crippen LogP contribution < -0.4 is 0 Å². The number of nitrogens with zero attached hydrogens (tertiary/aromatic N) is 2. The number of aromatic nitrogens is 3. The van der Waals surface area contributed by atoms with Gasteiger partial charge in [0.2, 0.25) is 0 Å². The maximum absolute atomic E-state index is 13.6. The van der Waals surface area contributed by atoms with E-state index in [0.717, 1.165) is 5.52 Å². The van der Waals surface area contributed by atoms with Gasteiger partial charge in [-0.2, -0.15) is 0 Å². The molecule has 0 fully saturated rings. The Bertz CT molecular complexity index is 693. The van der Waals surface area contributed by atoms with E-state index in [1.165, 1.54) is 6.07 Å². The molecule has 0 spiro atoms. The highest BCUT2D eigenvalue weighted by Gasteiger charge is 2.10. The summed E-state index contributed by atoms with van der Waals surface area (Å²) in [6.07, 6.45) is 0. The van der Waals surface area contributed by atoms with Crippen molar-refractivity contribution in [1.82, 2.24) is 15.0 Å². The number of aromatic amines is 1. The van der Waals surface area contributed by atoms with Gasteiger partial charge in [-0.1, -0.05) is 23.7 Å². The Hall–Kier alpha value is -1.94. The maximum Gasteiger partial charge on any atom is 0.179 e. The number of rotatable bonds is 1. The van der Waals surface area contributed by atoms with Crippen molar-refractivity contribution < 1.29 is 4.39 Å². The molecule has 0 radical (unpaired) electrons. The summed E-state index contributed by atoms with van der Waals surface area (Å²) >= 11 is 5.77. The lowest BCUT2D eigenvalue weighted by molar-refractivity contribution is 0.630. The molecule has 0 saturated heterocycles. The largest absolute Gasteiger partial charge is 0.336 e. The van der Waals surface area contributed by atoms with Gasteiger partial charge >= 0.3 is 0 Å². The number of imidazole rings is 1. The standard InChI is InChI=1S/C12H7ClFN3/c13-10-6-5-9-12(16-10)17-11(15-9)7-3-1-2-4-8(7)14/h1-6H,(H,15,16,17). The second kappa shape index (κ2) is 3.82. The highest BCUT2D eigenvalue weighted by atomic mass is 35.5. The van der Waals surface area contributed by atoms with E-state index >= 15 is 0 Å². The summed E-state index contributed by atoms with van der Waals surface area (Å²) in [7, 11) is 0. The van der Waals surface area contributed by atoms with Gasteiger partial charge in [-0.3, -0.25) is 0 Å². The van der Waals surface area contributed by atoms with Crippen LogP contribution in [0.4, 0.5) is 4.39 Å². The van der Waals surface area contributed by atoms with E-state index in [9.17, 15) is 4.39 Å². The fourth-order valence-corrected chi connectivity index (χ4v) is 1.79. The molecule has 0 amide bonds. The summed E-state index contributed by atoms with van der Waals surface area (Å²) in [4.78, 5) is 11.3. The van der Waals surface area contributed by atoms with Crippen molar-refractivity contribution in [1.29, 1.82) is 0 Å². The number of H-pyrrole nitrogens is 1.